The fraction of sp³-hybridized carbons (Fsp3) is 0.291. The molecule has 0 N–H and O–H groups in total. The van der Waals surface area contributed by atoms with E-state index in [4.69, 9.17) is 4.74 Å². The Bertz CT molecular complexity index is 2170. The molecule has 12 heterocycles. The van der Waals surface area contributed by atoms with Crippen molar-refractivity contribution in [1.29, 1.82) is 0 Å². The second-order valence-corrected chi connectivity index (χ2v) is 17.8. The lowest BCUT2D eigenvalue weighted by molar-refractivity contribution is 0.0902. The Morgan fingerprint density at radius 3 is 1.75 bits per heavy atom. The molecule has 0 aliphatic carbocycles. The molecule has 12 aliphatic rings. The van der Waals surface area contributed by atoms with E-state index in [0.29, 0.717) is 0 Å². The van der Waals surface area contributed by atoms with E-state index in [1.807, 2.05) is 60.8 Å². The molecular weight excluding hydrogens is 807 g/mol. The number of nitrogens with zero attached hydrogens (tertiary/aromatic N) is 7. The SMILES string of the molecule is C=C1C=CN2C=CCCC2=C1.C=C1C=CN2CC=NC2=C1.C=C1C=CN2CCCC2=C1.C=C1C=CN2CCCCC2=C1.C=C1C=CN2CCCOC2=C1.C=C1C=CN2CSCCC2=C1. The van der Waals surface area contributed by atoms with E-state index < -0.39 is 0 Å². The summed E-state index contributed by atoms with van der Waals surface area (Å²) in [5.74, 6) is 4.32. The van der Waals surface area contributed by atoms with Crippen molar-refractivity contribution in [1.82, 2.24) is 29.4 Å². The second kappa shape index (κ2) is 22.9. The molecule has 4 saturated heterocycles. The summed E-state index contributed by atoms with van der Waals surface area (Å²) >= 11 is 1.99. The Hall–Kier alpha value is -6.32. The third-order valence-electron chi connectivity index (χ3n) is 11.6. The molecule has 0 atom stereocenters. The minimum atomic E-state index is 0.837. The first kappa shape index (κ1) is 45.7. The van der Waals surface area contributed by atoms with Crippen LogP contribution >= 0.6 is 11.8 Å². The molecule has 12 rings (SSSR count). The van der Waals surface area contributed by atoms with Crippen molar-refractivity contribution in [2.24, 2.45) is 4.99 Å². The van der Waals surface area contributed by atoms with Gasteiger partial charge in [-0.1, -0.05) is 45.5 Å². The van der Waals surface area contributed by atoms with Crippen LogP contribution in [0.25, 0.3) is 0 Å². The lowest BCUT2D eigenvalue weighted by Crippen LogP contribution is -2.28. The molecule has 0 aromatic carbocycles. The molecule has 0 radical (unpaired) electrons. The molecule has 0 aromatic rings. The van der Waals surface area contributed by atoms with Crippen LogP contribution in [0.15, 0.2) is 235 Å². The van der Waals surface area contributed by atoms with Gasteiger partial charge in [0.05, 0.1) is 19.0 Å². The van der Waals surface area contributed by atoms with E-state index in [1.54, 1.807) is 0 Å². The average molecular weight is 872 g/mol. The minimum Gasteiger partial charge on any atom is -0.479 e. The van der Waals surface area contributed by atoms with Crippen molar-refractivity contribution in [3.8, 4) is 0 Å². The Labute approximate surface area is 387 Å². The fourth-order valence-corrected chi connectivity index (χ4v) is 9.07. The predicted molar refractivity (Wildman–Crippen MR) is 271 cm³/mol. The van der Waals surface area contributed by atoms with Gasteiger partial charge in [0.2, 0.25) is 0 Å². The lowest BCUT2D eigenvalue weighted by Gasteiger charge is -2.30. The number of hydrogen-bond acceptors (Lipinski definition) is 9. The fourth-order valence-electron chi connectivity index (χ4n) is 8.14. The van der Waals surface area contributed by atoms with Crippen molar-refractivity contribution in [3.63, 3.8) is 0 Å². The maximum absolute atomic E-state index is 5.43. The van der Waals surface area contributed by atoms with Crippen LogP contribution in [0.4, 0.5) is 0 Å². The smallest absolute Gasteiger partial charge is 0.193 e. The highest BCUT2D eigenvalue weighted by Gasteiger charge is 2.19. The van der Waals surface area contributed by atoms with Gasteiger partial charge < -0.3 is 34.1 Å². The van der Waals surface area contributed by atoms with Crippen molar-refractivity contribution < 1.29 is 4.74 Å². The van der Waals surface area contributed by atoms with Crippen molar-refractivity contribution in [3.05, 3.63) is 230 Å². The molecule has 9 heteroatoms. The summed E-state index contributed by atoms with van der Waals surface area (Å²) in [6.07, 6.45) is 54.6. The van der Waals surface area contributed by atoms with Crippen LogP contribution in [0.3, 0.4) is 0 Å². The first-order valence-electron chi connectivity index (χ1n) is 22.7. The molecule has 12 aliphatic heterocycles. The summed E-state index contributed by atoms with van der Waals surface area (Å²) in [6, 6.07) is 0. The number of ether oxygens (including phenoxy) is 1. The molecule has 0 spiro atoms. The van der Waals surface area contributed by atoms with E-state index >= 15 is 0 Å². The summed E-state index contributed by atoms with van der Waals surface area (Å²) in [4.78, 5) is 17.4. The molecule has 8 nitrogen and oxygen atoms in total. The molecule has 0 unspecified atom stereocenters. The molecule has 64 heavy (non-hydrogen) atoms. The third-order valence-corrected chi connectivity index (χ3v) is 12.6. The van der Waals surface area contributed by atoms with Gasteiger partial charge >= 0.3 is 0 Å². The standard InChI is InChI=1S/C10H13N.C10H11N.C9H11NO.C9H11NS.C9H11N.C8H8N2/c2*1-9-5-7-11-6-3-2-4-10(11)8-9;1-8-3-5-10-4-2-6-11-9(10)7-8;1-8-2-4-10-7-11-5-3-9(10)6-8;1-8-4-6-10-5-2-3-9(10)7-8;1-7-2-4-10-5-3-9-8(10)6-7/h5,7-8H,1-4,6H2;3,5-8H,1-2,4H2;3,5,7H,1-2,4,6H2;2,4,6H,1,3,5,7H2;4,6-7H,1-3,5H2;2-4,6H,1,5H2. The first-order valence-corrected chi connectivity index (χ1v) is 23.8. The summed E-state index contributed by atoms with van der Waals surface area (Å²) < 4.78 is 5.43. The van der Waals surface area contributed by atoms with Crippen LogP contribution in [-0.4, -0.2) is 80.0 Å². The largest absolute Gasteiger partial charge is 0.479 e. The number of piperidine rings is 1. The maximum atomic E-state index is 5.43. The van der Waals surface area contributed by atoms with Gasteiger partial charge in [-0.15, -0.1) is 11.8 Å². The van der Waals surface area contributed by atoms with Crippen LogP contribution in [0, 0.1) is 0 Å². The van der Waals surface area contributed by atoms with Crippen molar-refractivity contribution in [2.75, 3.05) is 44.4 Å². The number of thioether (sulfide) groups is 1. The predicted octanol–water partition coefficient (Wildman–Crippen LogP) is 12.3. The number of allylic oxidation sites excluding steroid dienone is 23. The second-order valence-electron chi connectivity index (χ2n) is 16.8. The van der Waals surface area contributed by atoms with Crippen LogP contribution < -0.4 is 0 Å². The van der Waals surface area contributed by atoms with E-state index in [0.717, 1.165) is 90.0 Å². The summed E-state index contributed by atoms with van der Waals surface area (Å²) in [7, 11) is 0. The monoisotopic (exact) mass is 871 g/mol. The number of rotatable bonds is 0. The van der Waals surface area contributed by atoms with Crippen LogP contribution in [-0.2, 0) is 4.74 Å². The van der Waals surface area contributed by atoms with Crippen LogP contribution in [0.1, 0.15) is 57.8 Å². The van der Waals surface area contributed by atoms with Gasteiger partial charge in [-0.25, -0.2) is 4.99 Å². The zero-order valence-electron chi connectivity index (χ0n) is 37.6. The van der Waals surface area contributed by atoms with Crippen LogP contribution in [0.2, 0.25) is 0 Å². The van der Waals surface area contributed by atoms with Gasteiger partial charge in [0, 0.05) is 104 Å². The molecule has 0 saturated carbocycles. The number of aliphatic imine (C=N–C) groups is 1. The molecule has 332 valence electrons. The normalized spacial score (nSPS) is 22.4. The van der Waals surface area contributed by atoms with E-state index in [2.05, 4.69) is 153 Å². The highest BCUT2D eigenvalue weighted by Crippen LogP contribution is 2.29. The number of hydrogen-bond donors (Lipinski definition) is 0. The Balaban J connectivity index is 0.000000115. The van der Waals surface area contributed by atoms with Crippen molar-refractivity contribution >= 4 is 18.0 Å². The van der Waals surface area contributed by atoms with E-state index in [-0.39, 0.29) is 0 Å². The topological polar surface area (TPSA) is 41.0 Å². The molecule has 0 aromatic heterocycles. The van der Waals surface area contributed by atoms with Crippen molar-refractivity contribution in [2.45, 2.75) is 57.8 Å². The highest BCUT2D eigenvalue weighted by molar-refractivity contribution is 7.99. The molecule has 0 bridgehead atoms. The van der Waals surface area contributed by atoms with E-state index in [1.165, 1.54) is 80.2 Å². The van der Waals surface area contributed by atoms with Crippen LogP contribution in [0.5, 0.6) is 0 Å². The van der Waals surface area contributed by atoms with Gasteiger partial charge in [0.15, 0.2) is 5.88 Å². The quantitative estimate of drug-likeness (QED) is 0.238. The maximum Gasteiger partial charge on any atom is 0.193 e. The molecular formula is C55H65N7OS. The average Bonchev–Trinajstić information content (AvgIpc) is 3.99. The Kier molecular flexibility index (Phi) is 16.3. The van der Waals surface area contributed by atoms with Gasteiger partial charge in [0.1, 0.15) is 5.82 Å². The van der Waals surface area contributed by atoms with E-state index in [9.17, 15) is 0 Å². The lowest BCUT2D eigenvalue weighted by atomic mass is 10.0. The van der Waals surface area contributed by atoms with Gasteiger partial charge in [-0.05, 0) is 158 Å². The zero-order valence-corrected chi connectivity index (χ0v) is 38.4. The van der Waals surface area contributed by atoms with Gasteiger partial charge in [0.25, 0.3) is 0 Å². The highest BCUT2D eigenvalue weighted by atomic mass is 32.2. The van der Waals surface area contributed by atoms with Gasteiger partial charge in [-0.2, -0.15) is 0 Å². The Morgan fingerprint density at radius 2 is 1.03 bits per heavy atom. The van der Waals surface area contributed by atoms with Gasteiger partial charge in [-0.3, -0.25) is 0 Å². The summed E-state index contributed by atoms with van der Waals surface area (Å²) in [5.41, 5.74) is 12.2. The minimum absolute atomic E-state index is 0.837. The number of fused-ring (bicyclic) bond motifs is 6. The summed E-state index contributed by atoms with van der Waals surface area (Å²) in [5, 5.41) is 0. The zero-order chi connectivity index (χ0) is 44.7. The third kappa shape index (κ3) is 13.3. The first-order chi connectivity index (χ1) is 31.2. The summed E-state index contributed by atoms with van der Waals surface area (Å²) in [6.45, 7) is 28.4. The Morgan fingerprint density at radius 1 is 0.484 bits per heavy atom. The molecule has 0 amide bonds. The molecule has 4 fully saturated rings.